The van der Waals surface area contributed by atoms with E-state index in [0.717, 1.165) is 79.0 Å². The van der Waals surface area contributed by atoms with Gasteiger partial charge in [-0.1, -0.05) is 109 Å². The van der Waals surface area contributed by atoms with Crippen LogP contribution in [0.15, 0.2) is 243 Å². The van der Waals surface area contributed by atoms with E-state index in [9.17, 15) is 0 Å². The summed E-state index contributed by atoms with van der Waals surface area (Å²) in [6.07, 6.45) is 0. The van der Waals surface area contributed by atoms with E-state index in [1.165, 1.54) is 22.3 Å². The van der Waals surface area contributed by atoms with E-state index in [1.54, 1.807) is 0 Å². The van der Waals surface area contributed by atoms with Crippen LogP contribution in [-0.2, 0) is 0 Å². The summed E-state index contributed by atoms with van der Waals surface area (Å²) in [6.45, 7) is 8.60. The molecule has 10 aromatic rings. The minimum absolute atomic E-state index is 1.07. The van der Waals surface area contributed by atoms with Gasteiger partial charge in [-0.2, -0.15) is 0 Å². The molecular formula is C62H52N4. The van der Waals surface area contributed by atoms with Crippen molar-refractivity contribution in [3.8, 4) is 0 Å². The second-order valence-electron chi connectivity index (χ2n) is 17.1. The van der Waals surface area contributed by atoms with Gasteiger partial charge in [-0.05, 0) is 183 Å². The molecule has 0 unspecified atom stereocenters. The van der Waals surface area contributed by atoms with Gasteiger partial charge in [0.25, 0.3) is 0 Å². The SMILES string of the molecule is Cc1cccc(N(c2ccc(N(c3ccccc3)c3cccc4c(N(c5ccccc5)c5ccc(N(c6cccc(C)c6)c6cccc(C)c6)cc5)cccc34)cc2)c2cccc(C)c2)c1. The highest BCUT2D eigenvalue weighted by molar-refractivity contribution is 6.07. The first-order chi connectivity index (χ1) is 32.4. The van der Waals surface area contributed by atoms with Gasteiger partial charge in [0.1, 0.15) is 0 Å². The van der Waals surface area contributed by atoms with Crippen molar-refractivity contribution in [1.82, 2.24) is 0 Å². The highest BCUT2D eigenvalue weighted by atomic mass is 15.2. The number of fused-ring (bicyclic) bond motifs is 1. The van der Waals surface area contributed by atoms with Gasteiger partial charge in [-0.3, -0.25) is 0 Å². The van der Waals surface area contributed by atoms with Crippen molar-refractivity contribution in [1.29, 1.82) is 0 Å². The lowest BCUT2D eigenvalue weighted by Gasteiger charge is -2.31. The van der Waals surface area contributed by atoms with E-state index in [4.69, 9.17) is 0 Å². The van der Waals surface area contributed by atoms with Crippen LogP contribution in [0.3, 0.4) is 0 Å². The summed E-state index contributed by atoms with van der Waals surface area (Å²) < 4.78 is 0. The molecular weight excluding hydrogens is 801 g/mol. The van der Waals surface area contributed by atoms with E-state index in [0.29, 0.717) is 0 Å². The summed E-state index contributed by atoms with van der Waals surface area (Å²) in [7, 11) is 0. The Balaban J connectivity index is 1.08. The van der Waals surface area contributed by atoms with E-state index >= 15 is 0 Å². The Bertz CT molecular complexity index is 2940. The molecule has 0 amide bonds. The quantitative estimate of drug-likeness (QED) is 0.121. The minimum Gasteiger partial charge on any atom is -0.310 e. The van der Waals surface area contributed by atoms with Gasteiger partial charge >= 0.3 is 0 Å². The van der Waals surface area contributed by atoms with Crippen LogP contribution in [0.25, 0.3) is 10.8 Å². The Morgan fingerprint density at radius 1 is 0.197 bits per heavy atom. The summed E-state index contributed by atoms with van der Waals surface area (Å²) in [5.74, 6) is 0. The van der Waals surface area contributed by atoms with E-state index in [2.05, 4.69) is 290 Å². The van der Waals surface area contributed by atoms with E-state index in [1.807, 2.05) is 0 Å². The fraction of sp³-hybridized carbons (Fsp3) is 0.0645. The lowest BCUT2D eigenvalue weighted by atomic mass is 10.0. The number of anilines is 12. The van der Waals surface area contributed by atoms with Crippen molar-refractivity contribution < 1.29 is 0 Å². The fourth-order valence-corrected chi connectivity index (χ4v) is 9.14. The molecule has 320 valence electrons. The zero-order chi connectivity index (χ0) is 45.0. The predicted molar refractivity (Wildman–Crippen MR) is 282 cm³/mol. The summed E-state index contributed by atoms with van der Waals surface area (Å²) in [6, 6.07) is 87.6. The monoisotopic (exact) mass is 852 g/mol. The number of aryl methyl sites for hydroxylation is 4. The van der Waals surface area contributed by atoms with Crippen LogP contribution in [0.5, 0.6) is 0 Å². The first kappa shape index (κ1) is 41.7. The molecule has 0 atom stereocenters. The maximum Gasteiger partial charge on any atom is 0.0540 e. The van der Waals surface area contributed by atoms with Crippen LogP contribution in [0.1, 0.15) is 22.3 Å². The van der Waals surface area contributed by atoms with Gasteiger partial charge in [0.05, 0.1) is 11.4 Å². The Hall–Kier alpha value is -8.34. The van der Waals surface area contributed by atoms with Crippen molar-refractivity contribution in [3.63, 3.8) is 0 Å². The average Bonchev–Trinajstić information content (AvgIpc) is 3.34. The largest absolute Gasteiger partial charge is 0.310 e. The average molecular weight is 853 g/mol. The molecule has 66 heavy (non-hydrogen) atoms. The third kappa shape index (κ3) is 8.53. The van der Waals surface area contributed by atoms with E-state index < -0.39 is 0 Å². The molecule has 0 radical (unpaired) electrons. The van der Waals surface area contributed by atoms with Crippen molar-refractivity contribution >= 4 is 79.0 Å². The molecule has 0 bridgehead atoms. The van der Waals surface area contributed by atoms with Gasteiger partial charge in [-0.25, -0.2) is 0 Å². The standard InChI is InChI=1S/C62H52N4/c1-45-17-11-25-55(41-45)63(56-26-12-18-46(2)42-56)51-33-37-53(38-34-51)65(49-21-7-5-8-22-49)61-31-15-30-60-59(61)29-16-32-62(60)66(50-23-9-6-10-24-50)54-39-35-52(36-40-54)64(57-27-13-19-47(3)43-57)58-28-14-20-48(4)44-58/h5-44H,1-4H3. The van der Waals surface area contributed by atoms with Gasteiger partial charge in [-0.15, -0.1) is 0 Å². The Kier molecular flexibility index (Phi) is 11.6. The minimum atomic E-state index is 1.07. The molecule has 0 aromatic heterocycles. The molecule has 0 heterocycles. The van der Waals surface area contributed by atoms with Crippen LogP contribution in [0.2, 0.25) is 0 Å². The third-order valence-electron chi connectivity index (χ3n) is 12.2. The van der Waals surface area contributed by atoms with Crippen LogP contribution in [0.4, 0.5) is 68.2 Å². The number of nitrogens with zero attached hydrogens (tertiary/aromatic N) is 4. The summed E-state index contributed by atoms with van der Waals surface area (Å²) in [4.78, 5) is 9.45. The van der Waals surface area contributed by atoms with Crippen LogP contribution in [0, 0.1) is 27.7 Å². The molecule has 0 N–H and O–H groups in total. The van der Waals surface area contributed by atoms with Crippen LogP contribution >= 0.6 is 0 Å². The van der Waals surface area contributed by atoms with Gasteiger partial charge in [0, 0.05) is 67.6 Å². The molecule has 4 nitrogen and oxygen atoms in total. The molecule has 0 spiro atoms. The number of para-hydroxylation sites is 2. The molecule has 4 heteroatoms. The number of benzene rings is 10. The maximum atomic E-state index is 2.38. The van der Waals surface area contributed by atoms with Crippen molar-refractivity contribution in [2.45, 2.75) is 27.7 Å². The Morgan fingerprint density at radius 2 is 0.439 bits per heavy atom. The molecule has 0 aliphatic rings. The van der Waals surface area contributed by atoms with E-state index in [-0.39, 0.29) is 0 Å². The van der Waals surface area contributed by atoms with Gasteiger partial charge in [0.15, 0.2) is 0 Å². The predicted octanol–water partition coefficient (Wildman–Crippen LogP) is 18.0. The second-order valence-corrected chi connectivity index (χ2v) is 17.1. The highest BCUT2D eigenvalue weighted by Gasteiger charge is 2.22. The molecule has 0 fully saturated rings. The smallest absolute Gasteiger partial charge is 0.0540 e. The van der Waals surface area contributed by atoms with Gasteiger partial charge in [0.2, 0.25) is 0 Å². The summed E-state index contributed by atoms with van der Waals surface area (Å²) in [5, 5.41) is 2.29. The maximum absolute atomic E-state index is 2.38. The van der Waals surface area contributed by atoms with Crippen molar-refractivity contribution in [2.24, 2.45) is 0 Å². The van der Waals surface area contributed by atoms with Crippen molar-refractivity contribution in [3.05, 3.63) is 265 Å². The molecule has 10 aromatic carbocycles. The topological polar surface area (TPSA) is 13.0 Å². The zero-order valence-electron chi connectivity index (χ0n) is 37.9. The fourth-order valence-electron chi connectivity index (χ4n) is 9.14. The molecule has 0 saturated heterocycles. The zero-order valence-corrected chi connectivity index (χ0v) is 37.9. The summed E-state index contributed by atoms with van der Waals surface area (Å²) >= 11 is 0. The third-order valence-corrected chi connectivity index (χ3v) is 12.2. The molecule has 0 saturated carbocycles. The number of rotatable bonds is 12. The lowest BCUT2D eigenvalue weighted by Crippen LogP contribution is -2.14. The first-order valence-corrected chi connectivity index (χ1v) is 22.7. The van der Waals surface area contributed by atoms with Crippen LogP contribution < -0.4 is 19.6 Å². The lowest BCUT2D eigenvalue weighted by molar-refractivity contribution is 1.24. The van der Waals surface area contributed by atoms with Crippen LogP contribution in [-0.4, -0.2) is 0 Å². The Labute approximate surface area is 389 Å². The number of hydrogen-bond acceptors (Lipinski definition) is 4. The second kappa shape index (κ2) is 18.4. The normalized spacial score (nSPS) is 11.0. The number of hydrogen-bond donors (Lipinski definition) is 0. The molecule has 0 aliphatic carbocycles. The molecule has 0 aliphatic heterocycles. The first-order valence-electron chi connectivity index (χ1n) is 22.7. The summed E-state index contributed by atoms with van der Waals surface area (Å²) in [5.41, 5.74) is 18.1. The van der Waals surface area contributed by atoms with Gasteiger partial charge < -0.3 is 19.6 Å². The highest BCUT2D eigenvalue weighted by Crippen LogP contribution is 2.46. The van der Waals surface area contributed by atoms with Crippen molar-refractivity contribution in [2.75, 3.05) is 19.6 Å². The molecule has 10 rings (SSSR count). The Morgan fingerprint density at radius 3 is 0.727 bits per heavy atom.